The van der Waals surface area contributed by atoms with E-state index in [-0.39, 0.29) is 17.2 Å². The van der Waals surface area contributed by atoms with E-state index in [0.29, 0.717) is 12.5 Å². The van der Waals surface area contributed by atoms with E-state index in [1.165, 1.54) is 12.8 Å². The Morgan fingerprint density at radius 1 is 1.36 bits per heavy atom. The van der Waals surface area contributed by atoms with Gasteiger partial charge in [-0.25, -0.2) is 0 Å². The number of rotatable bonds is 1. The summed E-state index contributed by atoms with van der Waals surface area (Å²) < 4.78 is 0. The molecule has 2 heterocycles. The van der Waals surface area contributed by atoms with Gasteiger partial charge in [0.25, 0.3) is 0 Å². The molecule has 3 fully saturated rings. The maximum atomic E-state index is 11.6. The standard InChI is InChI=1S/C10H14N2O2/c13-8-5-10(9(14)11-8)3-4-12(6-10)7-1-2-7/h7H,1-6H2,(H,11,13,14). The monoisotopic (exact) mass is 194 g/mol. The van der Waals surface area contributed by atoms with E-state index < -0.39 is 0 Å². The number of imide groups is 1. The second kappa shape index (κ2) is 2.57. The smallest absolute Gasteiger partial charge is 0.234 e. The van der Waals surface area contributed by atoms with Crippen molar-refractivity contribution in [2.24, 2.45) is 5.41 Å². The third kappa shape index (κ3) is 1.10. The zero-order valence-corrected chi connectivity index (χ0v) is 8.08. The number of nitrogens with zero attached hydrogens (tertiary/aromatic N) is 1. The third-order valence-corrected chi connectivity index (χ3v) is 3.68. The second-order valence-electron chi connectivity index (χ2n) is 4.79. The molecule has 1 saturated carbocycles. The van der Waals surface area contributed by atoms with Crippen molar-refractivity contribution in [3.8, 4) is 0 Å². The largest absolute Gasteiger partial charge is 0.299 e. The maximum absolute atomic E-state index is 11.6. The van der Waals surface area contributed by atoms with Gasteiger partial charge in [0.05, 0.1) is 5.41 Å². The molecule has 4 nitrogen and oxygen atoms in total. The van der Waals surface area contributed by atoms with Crippen LogP contribution in [0.4, 0.5) is 0 Å². The average molecular weight is 194 g/mol. The van der Waals surface area contributed by atoms with Gasteiger partial charge in [-0.05, 0) is 25.8 Å². The van der Waals surface area contributed by atoms with Crippen molar-refractivity contribution in [1.29, 1.82) is 0 Å². The molecular formula is C10H14N2O2. The Bertz CT molecular complexity index is 311. The average Bonchev–Trinajstić information content (AvgIpc) is 2.83. The predicted molar refractivity (Wildman–Crippen MR) is 49.4 cm³/mol. The SMILES string of the molecule is O=C1CC2(CCN(C3CC3)C2)C(=O)N1. The predicted octanol–water partition coefficient (Wildman–Crippen LogP) is -0.113. The van der Waals surface area contributed by atoms with E-state index >= 15 is 0 Å². The third-order valence-electron chi connectivity index (χ3n) is 3.68. The normalized spacial score (nSPS) is 38.3. The minimum Gasteiger partial charge on any atom is -0.299 e. The lowest BCUT2D eigenvalue weighted by Gasteiger charge is -2.19. The van der Waals surface area contributed by atoms with E-state index in [4.69, 9.17) is 0 Å². The van der Waals surface area contributed by atoms with Gasteiger partial charge in [0.2, 0.25) is 11.8 Å². The fourth-order valence-electron chi connectivity index (χ4n) is 2.68. The number of hydrogen-bond donors (Lipinski definition) is 1. The van der Waals surface area contributed by atoms with Crippen LogP contribution in [0.3, 0.4) is 0 Å². The molecule has 0 aromatic carbocycles. The van der Waals surface area contributed by atoms with Crippen LogP contribution in [-0.2, 0) is 9.59 Å². The highest BCUT2D eigenvalue weighted by atomic mass is 16.2. The summed E-state index contributed by atoms with van der Waals surface area (Å²) >= 11 is 0. The van der Waals surface area contributed by atoms with Crippen molar-refractivity contribution in [2.45, 2.75) is 31.7 Å². The molecule has 2 saturated heterocycles. The Morgan fingerprint density at radius 2 is 2.14 bits per heavy atom. The number of carbonyl (C=O) groups excluding carboxylic acids is 2. The van der Waals surface area contributed by atoms with Gasteiger partial charge in [0.15, 0.2) is 0 Å². The minimum atomic E-state index is -0.361. The van der Waals surface area contributed by atoms with E-state index in [1.54, 1.807) is 0 Å². The Kier molecular flexibility index (Phi) is 1.54. The number of likely N-dealkylation sites (tertiary alicyclic amines) is 1. The van der Waals surface area contributed by atoms with Gasteiger partial charge in [0, 0.05) is 19.0 Å². The molecule has 0 aromatic heterocycles. The lowest BCUT2D eigenvalue weighted by molar-refractivity contribution is -0.128. The van der Waals surface area contributed by atoms with Gasteiger partial charge < -0.3 is 0 Å². The Labute approximate surface area is 82.6 Å². The molecule has 1 unspecified atom stereocenters. The Morgan fingerprint density at radius 3 is 2.71 bits per heavy atom. The molecular weight excluding hydrogens is 180 g/mol. The zero-order valence-electron chi connectivity index (χ0n) is 8.08. The van der Waals surface area contributed by atoms with Crippen LogP contribution >= 0.6 is 0 Å². The van der Waals surface area contributed by atoms with Gasteiger partial charge in [-0.2, -0.15) is 0 Å². The van der Waals surface area contributed by atoms with E-state index in [2.05, 4.69) is 10.2 Å². The first-order valence-electron chi connectivity index (χ1n) is 5.28. The van der Waals surface area contributed by atoms with E-state index in [1.807, 2.05) is 0 Å². The lowest BCUT2D eigenvalue weighted by atomic mass is 9.85. The van der Waals surface area contributed by atoms with E-state index in [0.717, 1.165) is 19.5 Å². The number of hydrogen-bond acceptors (Lipinski definition) is 3. The molecule has 1 spiro atoms. The molecule has 1 N–H and O–H groups in total. The molecule has 1 aliphatic carbocycles. The van der Waals surface area contributed by atoms with Crippen LogP contribution in [0.2, 0.25) is 0 Å². The van der Waals surface area contributed by atoms with Crippen LogP contribution in [0.25, 0.3) is 0 Å². The fourth-order valence-corrected chi connectivity index (χ4v) is 2.68. The highest BCUT2D eigenvalue weighted by molar-refractivity contribution is 6.06. The molecule has 76 valence electrons. The quantitative estimate of drug-likeness (QED) is 0.592. The molecule has 0 bridgehead atoms. The van der Waals surface area contributed by atoms with Crippen LogP contribution in [0.1, 0.15) is 25.7 Å². The number of amides is 2. The molecule has 14 heavy (non-hydrogen) atoms. The summed E-state index contributed by atoms with van der Waals surface area (Å²) in [7, 11) is 0. The molecule has 4 heteroatoms. The fraction of sp³-hybridized carbons (Fsp3) is 0.800. The molecule has 2 aliphatic heterocycles. The molecule has 0 aromatic rings. The van der Waals surface area contributed by atoms with Crippen LogP contribution in [-0.4, -0.2) is 35.8 Å². The summed E-state index contributed by atoms with van der Waals surface area (Å²) in [6, 6.07) is 0.706. The van der Waals surface area contributed by atoms with Crippen LogP contribution in [0.15, 0.2) is 0 Å². The summed E-state index contributed by atoms with van der Waals surface area (Å²) in [5.74, 6) is -0.127. The van der Waals surface area contributed by atoms with Gasteiger partial charge in [0.1, 0.15) is 0 Å². The maximum Gasteiger partial charge on any atom is 0.234 e. The molecule has 1 atom stereocenters. The van der Waals surface area contributed by atoms with Gasteiger partial charge in [-0.1, -0.05) is 0 Å². The molecule has 3 rings (SSSR count). The summed E-state index contributed by atoms with van der Waals surface area (Å²) in [6.07, 6.45) is 3.81. The number of carbonyl (C=O) groups is 2. The van der Waals surface area contributed by atoms with Gasteiger partial charge in [-0.15, -0.1) is 0 Å². The molecule has 3 aliphatic rings. The van der Waals surface area contributed by atoms with Crippen molar-refractivity contribution in [3.05, 3.63) is 0 Å². The highest BCUT2D eigenvalue weighted by Crippen LogP contribution is 2.41. The zero-order chi connectivity index (χ0) is 9.76. The number of nitrogens with one attached hydrogen (secondary N) is 1. The Balaban J connectivity index is 1.78. The summed E-state index contributed by atoms with van der Waals surface area (Å²) in [4.78, 5) is 25.2. The van der Waals surface area contributed by atoms with Crippen LogP contribution in [0, 0.1) is 5.41 Å². The summed E-state index contributed by atoms with van der Waals surface area (Å²) in [5, 5.41) is 2.42. The molecule has 2 amide bonds. The van der Waals surface area contributed by atoms with Crippen molar-refractivity contribution in [1.82, 2.24) is 10.2 Å². The van der Waals surface area contributed by atoms with E-state index in [9.17, 15) is 9.59 Å². The first kappa shape index (κ1) is 8.41. The summed E-state index contributed by atoms with van der Waals surface area (Å²) in [6.45, 7) is 1.79. The highest BCUT2D eigenvalue weighted by Gasteiger charge is 2.52. The van der Waals surface area contributed by atoms with Crippen LogP contribution < -0.4 is 5.32 Å². The second-order valence-corrected chi connectivity index (χ2v) is 4.79. The van der Waals surface area contributed by atoms with Gasteiger partial charge >= 0.3 is 0 Å². The van der Waals surface area contributed by atoms with Crippen molar-refractivity contribution < 1.29 is 9.59 Å². The minimum absolute atomic E-state index is 0.0364. The van der Waals surface area contributed by atoms with Gasteiger partial charge in [-0.3, -0.25) is 19.8 Å². The Hall–Kier alpha value is -0.900. The summed E-state index contributed by atoms with van der Waals surface area (Å²) in [5.41, 5.74) is -0.361. The topological polar surface area (TPSA) is 49.4 Å². The lowest BCUT2D eigenvalue weighted by Crippen LogP contribution is -2.35. The molecule has 0 radical (unpaired) electrons. The van der Waals surface area contributed by atoms with Crippen molar-refractivity contribution in [2.75, 3.05) is 13.1 Å². The van der Waals surface area contributed by atoms with Crippen LogP contribution in [0.5, 0.6) is 0 Å². The first-order chi connectivity index (χ1) is 6.70. The van der Waals surface area contributed by atoms with Crippen molar-refractivity contribution >= 4 is 11.8 Å². The first-order valence-corrected chi connectivity index (χ1v) is 5.28. The van der Waals surface area contributed by atoms with Crippen molar-refractivity contribution in [3.63, 3.8) is 0 Å².